The summed E-state index contributed by atoms with van der Waals surface area (Å²) < 4.78 is 38.4. The van der Waals surface area contributed by atoms with E-state index in [1.54, 1.807) is 0 Å². The summed E-state index contributed by atoms with van der Waals surface area (Å²) in [5.74, 6) is 0. The van der Waals surface area contributed by atoms with Gasteiger partial charge in [-0.15, -0.1) is 0 Å². The molecule has 2 heterocycles. The van der Waals surface area contributed by atoms with E-state index in [2.05, 4.69) is 20.2 Å². The molecule has 2 aromatic heterocycles. The molecule has 0 aliphatic heterocycles. The highest BCUT2D eigenvalue weighted by atomic mass is 35.5. The zero-order valence-corrected chi connectivity index (χ0v) is 10.5. The molecule has 8 heteroatoms. The van der Waals surface area contributed by atoms with Gasteiger partial charge in [0, 0.05) is 5.56 Å². The minimum absolute atomic E-state index is 0.283. The first-order valence-corrected chi connectivity index (χ1v) is 5.86. The predicted molar refractivity (Wildman–Crippen MR) is 67.1 cm³/mol. The van der Waals surface area contributed by atoms with Crippen LogP contribution in [0.15, 0.2) is 30.6 Å². The number of fused-ring (bicyclic) bond motifs is 1. The van der Waals surface area contributed by atoms with Crippen molar-refractivity contribution in [1.82, 2.24) is 20.2 Å². The van der Waals surface area contributed by atoms with Crippen LogP contribution in [0.3, 0.4) is 0 Å². The van der Waals surface area contributed by atoms with E-state index in [4.69, 9.17) is 11.6 Å². The van der Waals surface area contributed by atoms with Crippen LogP contribution in [0, 0.1) is 0 Å². The van der Waals surface area contributed by atoms with E-state index >= 15 is 0 Å². The van der Waals surface area contributed by atoms with Crippen molar-refractivity contribution in [2.45, 2.75) is 6.18 Å². The molecule has 102 valence electrons. The second kappa shape index (κ2) is 4.45. The maximum Gasteiger partial charge on any atom is 0.417 e. The van der Waals surface area contributed by atoms with Crippen molar-refractivity contribution in [2.24, 2.45) is 0 Å². The average Bonchev–Trinajstić information content (AvgIpc) is 2.85. The topological polar surface area (TPSA) is 54.5 Å². The van der Waals surface area contributed by atoms with Gasteiger partial charge >= 0.3 is 6.18 Å². The van der Waals surface area contributed by atoms with Crippen molar-refractivity contribution in [1.29, 1.82) is 0 Å². The van der Waals surface area contributed by atoms with Crippen molar-refractivity contribution in [2.75, 3.05) is 0 Å². The molecule has 0 fully saturated rings. The van der Waals surface area contributed by atoms with Crippen LogP contribution >= 0.6 is 11.6 Å². The third kappa shape index (κ3) is 2.20. The molecule has 0 bridgehead atoms. The number of nitrogens with zero attached hydrogens (tertiary/aromatic N) is 3. The maximum atomic E-state index is 12.8. The van der Waals surface area contributed by atoms with E-state index in [1.807, 2.05) is 0 Å². The lowest BCUT2D eigenvalue weighted by Crippen LogP contribution is -2.06. The summed E-state index contributed by atoms with van der Waals surface area (Å²) in [5, 5.41) is 6.02. The van der Waals surface area contributed by atoms with Crippen LogP contribution in [0.1, 0.15) is 5.56 Å². The minimum atomic E-state index is -4.52. The van der Waals surface area contributed by atoms with E-state index < -0.39 is 11.7 Å². The average molecular weight is 299 g/mol. The first-order chi connectivity index (χ1) is 9.45. The molecule has 20 heavy (non-hydrogen) atoms. The van der Waals surface area contributed by atoms with Gasteiger partial charge in [0.1, 0.15) is 5.52 Å². The highest BCUT2D eigenvalue weighted by Gasteiger charge is 2.33. The third-order valence-electron chi connectivity index (χ3n) is 2.73. The zero-order valence-electron chi connectivity index (χ0n) is 9.74. The molecule has 0 amide bonds. The van der Waals surface area contributed by atoms with Gasteiger partial charge in [-0.3, -0.25) is 5.10 Å². The van der Waals surface area contributed by atoms with Gasteiger partial charge < -0.3 is 0 Å². The smallest absolute Gasteiger partial charge is 0.259 e. The van der Waals surface area contributed by atoms with Gasteiger partial charge in [0.2, 0.25) is 0 Å². The molecule has 0 saturated carbocycles. The van der Waals surface area contributed by atoms with Crippen molar-refractivity contribution in [3.05, 3.63) is 41.2 Å². The second-order valence-electron chi connectivity index (χ2n) is 4.05. The summed E-state index contributed by atoms with van der Waals surface area (Å²) in [6, 6.07) is 3.61. The number of nitrogens with one attached hydrogen (secondary N) is 1. The van der Waals surface area contributed by atoms with Crippen molar-refractivity contribution >= 4 is 22.8 Å². The molecule has 0 saturated heterocycles. The number of hydrogen-bond donors (Lipinski definition) is 1. The molecule has 0 unspecified atom stereocenters. The number of halogens is 4. The fourth-order valence-corrected chi connectivity index (χ4v) is 2.00. The Labute approximate surface area is 115 Å². The Morgan fingerprint density at radius 2 is 1.95 bits per heavy atom. The van der Waals surface area contributed by atoms with Gasteiger partial charge in [0.25, 0.3) is 0 Å². The Hall–Kier alpha value is -2.15. The lowest BCUT2D eigenvalue weighted by molar-refractivity contribution is -0.137. The number of H-pyrrole nitrogens is 1. The Kier molecular flexibility index (Phi) is 2.86. The van der Waals surface area contributed by atoms with Crippen molar-refractivity contribution < 1.29 is 13.2 Å². The number of aromatic amines is 1. The quantitative estimate of drug-likeness (QED) is 0.745. The summed E-state index contributed by atoms with van der Waals surface area (Å²) in [6.45, 7) is 0. The fraction of sp³-hybridized carbons (Fsp3) is 0.0833. The summed E-state index contributed by atoms with van der Waals surface area (Å²) in [6.07, 6.45) is -1.64. The Balaban J connectivity index is 2.14. The molecular weight excluding hydrogens is 293 g/mol. The van der Waals surface area contributed by atoms with Crippen LogP contribution in [0.5, 0.6) is 0 Å². The van der Waals surface area contributed by atoms with Gasteiger partial charge in [-0.25, -0.2) is 9.97 Å². The molecule has 1 N–H and O–H groups in total. The highest BCUT2D eigenvalue weighted by molar-refractivity contribution is 6.31. The van der Waals surface area contributed by atoms with Gasteiger partial charge in [-0.05, 0) is 12.1 Å². The maximum absolute atomic E-state index is 12.8. The molecule has 0 radical (unpaired) electrons. The van der Waals surface area contributed by atoms with Crippen LogP contribution in [0.4, 0.5) is 13.2 Å². The summed E-state index contributed by atoms with van der Waals surface area (Å²) >= 11 is 5.57. The molecule has 1 aromatic carbocycles. The third-order valence-corrected chi connectivity index (χ3v) is 3.06. The molecule has 3 rings (SSSR count). The predicted octanol–water partition coefficient (Wildman–Crippen LogP) is 3.69. The lowest BCUT2D eigenvalue weighted by Gasteiger charge is -2.10. The number of aromatic nitrogens is 4. The Morgan fingerprint density at radius 1 is 1.15 bits per heavy atom. The van der Waals surface area contributed by atoms with Gasteiger partial charge in [0.15, 0.2) is 5.65 Å². The summed E-state index contributed by atoms with van der Waals surface area (Å²) in [5.41, 5.74) is 0.641. The first-order valence-electron chi connectivity index (χ1n) is 5.48. The normalized spacial score (nSPS) is 12.0. The van der Waals surface area contributed by atoms with Crippen LogP contribution in [0.2, 0.25) is 5.02 Å². The van der Waals surface area contributed by atoms with Crippen molar-refractivity contribution in [3.63, 3.8) is 0 Å². The van der Waals surface area contributed by atoms with E-state index in [0.717, 1.165) is 6.07 Å². The molecule has 3 aromatic rings. The highest BCUT2D eigenvalue weighted by Crippen LogP contribution is 2.36. The molecule has 0 aliphatic rings. The van der Waals surface area contributed by atoms with Gasteiger partial charge in [-0.1, -0.05) is 17.7 Å². The number of hydrogen-bond acceptors (Lipinski definition) is 3. The fourth-order valence-electron chi connectivity index (χ4n) is 1.77. The van der Waals surface area contributed by atoms with Crippen molar-refractivity contribution in [3.8, 4) is 11.3 Å². The number of alkyl halides is 3. The molecule has 0 spiro atoms. The number of benzene rings is 1. The van der Waals surface area contributed by atoms with Crippen LogP contribution in [-0.2, 0) is 6.18 Å². The molecule has 0 aliphatic carbocycles. The largest absolute Gasteiger partial charge is 0.417 e. The minimum Gasteiger partial charge on any atom is -0.259 e. The molecule has 0 atom stereocenters. The monoisotopic (exact) mass is 298 g/mol. The zero-order chi connectivity index (χ0) is 14.3. The molecule has 4 nitrogen and oxygen atoms in total. The van der Waals surface area contributed by atoms with E-state index in [0.29, 0.717) is 16.9 Å². The SMILES string of the molecule is FC(F)(F)c1cc(-c2cnc3cn[nH]c3n2)ccc1Cl. The second-order valence-corrected chi connectivity index (χ2v) is 4.46. The lowest BCUT2D eigenvalue weighted by atomic mass is 10.1. The Bertz CT molecular complexity index is 782. The molecular formula is C12H6ClF3N4. The number of rotatable bonds is 1. The van der Waals surface area contributed by atoms with Crippen LogP contribution in [0.25, 0.3) is 22.4 Å². The standard InChI is InChI=1S/C12H6ClF3N4/c13-8-2-1-6(3-7(8)12(14,15)16)9-4-17-10-5-18-20-11(10)19-9/h1-5H,(H,18,19,20). The van der Waals surface area contributed by atoms with Crippen LogP contribution < -0.4 is 0 Å². The van der Waals surface area contributed by atoms with E-state index in [1.165, 1.54) is 24.5 Å². The Morgan fingerprint density at radius 3 is 2.70 bits per heavy atom. The first kappa shape index (κ1) is 12.9. The van der Waals surface area contributed by atoms with Gasteiger partial charge in [0.05, 0.1) is 28.7 Å². The summed E-state index contributed by atoms with van der Waals surface area (Å²) in [7, 11) is 0. The van der Waals surface area contributed by atoms with Crippen LogP contribution in [-0.4, -0.2) is 20.2 Å². The summed E-state index contributed by atoms with van der Waals surface area (Å²) in [4.78, 5) is 8.23. The van der Waals surface area contributed by atoms with E-state index in [9.17, 15) is 13.2 Å². The van der Waals surface area contributed by atoms with Gasteiger partial charge in [-0.2, -0.15) is 18.3 Å². The van der Waals surface area contributed by atoms with E-state index in [-0.39, 0.29) is 10.6 Å².